The maximum absolute atomic E-state index is 12.1. The highest BCUT2D eigenvalue weighted by atomic mass is 32.2. The molecule has 1 unspecified atom stereocenters. The van der Waals surface area contributed by atoms with Crippen LogP contribution in [0.1, 0.15) is 19.8 Å². The van der Waals surface area contributed by atoms with Crippen molar-refractivity contribution in [3.63, 3.8) is 0 Å². The molecule has 1 amide bonds. The molecule has 0 saturated carbocycles. The molecular weight excluding hydrogens is 320 g/mol. The number of benzene rings is 1. The average molecular weight is 340 g/mol. The summed E-state index contributed by atoms with van der Waals surface area (Å²) >= 11 is 0. The number of carboxylic acids is 1. The minimum absolute atomic E-state index is 0.00175. The van der Waals surface area contributed by atoms with E-state index < -0.39 is 21.4 Å². The third-order valence-corrected chi connectivity index (χ3v) is 5.50. The van der Waals surface area contributed by atoms with Gasteiger partial charge in [0, 0.05) is 26.1 Å². The van der Waals surface area contributed by atoms with Crippen LogP contribution in [0.25, 0.3) is 0 Å². The number of hydrogen-bond donors (Lipinski definition) is 2. The second-order valence-electron chi connectivity index (χ2n) is 5.89. The van der Waals surface area contributed by atoms with Crippen LogP contribution in [-0.2, 0) is 19.6 Å². The lowest BCUT2D eigenvalue weighted by Crippen LogP contribution is -2.36. The summed E-state index contributed by atoms with van der Waals surface area (Å²) < 4.78 is 26.4. The standard InChI is InChI=1S/C15H20N2O5S/c1-15(14(19)20)8-10-17(11-15)13(18)7-9-16-23(21,22)12-5-3-2-4-6-12/h2-6,16H,7-11H2,1H3,(H,19,20). The van der Waals surface area contributed by atoms with Crippen LogP contribution in [0.15, 0.2) is 35.2 Å². The zero-order chi connectivity index (χ0) is 17.1. The van der Waals surface area contributed by atoms with Gasteiger partial charge in [-0.05, 0) is 25.5 Å². The van der Waals surface area contributed by atoms with Crippen LogP contribution < -0.4 is 4.72 Å². The predicted octanol–water partition coefficient (Wildman–Crippen LogP) is 0.678. The molecule has 7 nitrogen and oxygen atoms in total. The molecule has 0 radical (unpaired) electrons. The van der Waals surface area contributed by atoms with E-state index in [1.54, 1.807) is 25.1 Å². The summed E-state index contributed by atoms with van der Waals surface area (Å²) in [4.78, 5) is 24.9. The quantitative estimate of drug-likeness (QED) is 0.792. The smallest absolute Gasteiger partial charge is 0.311 e. The first kappa shape index (κ1) is 17.4. The van der Waals surface area contributed by atoms with Crippen LogP contribution in [0.4, 0.5) is 0 Å². The molecule has 1 aliphatic heterocycles. The van der Waals surface area contributed by atoms with Crippen LogP contribution in [0.5, 0.6) is 0 Å². The van der Waals surface area contributed by atoms with Crippen LogP contribution in [0.2, 0.25) is 0 Å². The molecular formula is C15H20N2O5S. The SMILES string of the molecule is CC1(C(=O)O)CCN(C(=O)CCNS(=O)(=O)c2ccccc2)C1. The van der Waals surface area contributed by atoms with Gasteiger partial charge in [-0.2, -0.15) is 0 Å². The molecule has 2 rings (SSSR count). The maximum atomic E-state index is 12.1. The van der Waals surface area contributed by atoms with Gasteiger partial charge < -0.3 is 10.0 Å². The van der Waals surface area contributed by atoms with E-state index in [9.17, 15) is 18.0 Å². The summed E-state index contributed by atoms with van der Waals surface area (Å²) in [5.41, 5.74) is -0.917. The highest BCUT2D eigenvalue weighted by Crippen LogP contribution is 2.30. The van der Waals surface area contributed by atoms with E-state index in [0.29, 0.717) is 13.0 Å². The van der Waals surface area contributed by atoms with Crippen molar-refractivity contribution in [1.82, 2.24) is 9.62 Å². The van der Waals surface area contributed by atoms with E-state index in [-0.39, 0.29) is 30.3 Å². The van der Waals surface area contributed by atoms with Gasteiger partial charge in [-0.25, -0.2) is 13.1 Å². The molecule has 1 atom stereocenters. The number of nitrogens with one attached hydrogen (secondary N) is 1. The summed E-state index contributed by atoms with van der Waals surface area (Å²) in [5.74, 6) is -1.16. The lowest BCUT2D eigenvalue weighted by Gasteiger charge is -2.20. The Morgan fingerprint density at radius 1 is 1.30 bits per heavy atom. The van der Waals surface area contributed by atoms with Crippen molar-refractivity contribution in [2.45, 2.75) is 24.7 Å². The Bertz CT molecular complexity index is 689. The summed E-state index contributed by atoms with van der Waals surface area (Å²) in [5, 5.41) is 9.15. The van der Waals surface area contributed by atoms with Crippen molar-refractivity contribution in [3.05, 3.63) is 30.3 Å². The minimum Gasteiger partial charge on any atom is -0.481 e. The lowest BCUT2D eigenvalue weighted by atomic mass is 9.90. The molecule has 0 aliphatic carbocycles. The highest BCUT2D eigenvalue weighted by Gasteiger charge is 2.41. The van der Waals surface area contributed by atoms with E-state index in [1.807, 2.05) is 0 Å². The lowest BCUT2D eigenvalue weighted by molar-refractivity contribution is -0.147. The second kappa shape index (κ2) is 6.67. The molecule has 8 heteroatoms. The Morgan fingerprint density at radius 3 is 2.52 bits per heavy atom. The summed E-state index contributed by atoms with van der Waals surface area (Å²) in [6, 6.07) is 7.91. The first-order valence-electron chi connectivity index (χ1n) is 7.30. The molecule has 0 aromatic heterocycles. The Kier molecular flexibility index (Phi) is 5.06. The summed E-state index contributed by atoms with van der Waals surface area (Å²) in [6.45, 7) is 2.14. The molecule has 126 valence electrons. The third-order valence-electron chi connectivity index (χ3n) is 4.03. The fourth-order valence-corrected chi connectivity index (χ4v) is 3.53. The van der Waals surface area contributed by atoms with E-state index in [4.69, 9.17) is 5.11 Å². The number of aliphatic carboxylic acids is 1. The molecule has 1 heterocycles. The van der Waals surface area contributed by atoms with Gasteiger partial charge in [-0.3, -0.25) is 9.59 Å². The van der Waals surface area contributed by atoms with Crippen LogP contribution in [0, 0.1) is 5.41 Å². The fourth-order valence-electron chi connectivity index (χ4n) is 2.48. The maximum Gasteiger partial charge on any atom is 0.311 e. The third kappa shape index (κ3) is 4.08. The van der Waals surface area contributed by atoms with Crippen LogP contribution >= 0.6 is 0 Å². The van der Waals surface area contributed by atoms with Gasteiger partial charge >= 0.3 is 5.97 Å². The molecule has 1 fully saturated rings. The van der Waals surface area contributed by atoms with E-state index in [0.717, 1.165) is 0 Å². The predicted molar refractivity (Wildman–Crippen MR) is 83.2 cm³/mol. The Balaban J connectivity index is 1.85. The van der Waals surface area contributed by atoms with Crippen molar-refractivity contribution in [3.8, 4) is 0 Å². The topological polar surface area (TPSA) is 104 Å². The van der Waals surface area contributed by atoms with Crippen molar-refractivity contribution in [2.75, 3.05) is 19.6 Å². The molecule has 1 saturated heterocycles. The van der Waals surface area contributed by atoms with E-state index >= 15 is 0 Å². The number of likely N-dealkylation sites (tertiary alicyclic amines) is 1. The number of sulfonamides is 1. The molecule has 1 aliphatic rings. The van der Waals surface area contributed by atoms with Crippen molar-refractivity contribution >= 4 is 21.9 Å². The number of carboxylic acid groups (broad SMARTS) is 1. The zero-order valence-electron chi connectivity index (χ0n) is 12.9. The average Bonchev–Trinajstić information content (AvgIpc) is 2.92. The molecule has 0 spiro atoms. The minimum atomic E-state index is -3.63. The van der Waals surface area contributed by atoms with Gasteiger partial charge in [0.25, 0.3) is 0 Å². The zero-order valence-corrected chi connectivity index (χ0v) is 13.7. The van der Waals surface area contributed by atoms with E-state index in [1.165, 1.54) is 17.0 Å². The van der Waals surface area contributed by atoms with Crippen molar-refractivity contribution < 1.29 is 23.1 Å². The van der Waals surface area contributed by atoms with Gasteiger partial charge in [-0.1, -0.05) is 18.2 Å². The van der Waals surface area contributed by atoms with Gasteiger partial charge in [0.1, 0.15) is 0 Å². The molecule has 0 bridgehead atoms. The number of rotatable bonds is 6. The number of hydrogen-bond acceptors (Lipinski definition) is 4. The first-order chi connectivity index (χ1) is 10.7. The Morgan fingerprint density at radius 2 is 1.96 bits per heavy atom. The van der Waals surface area contributed by atoms with Gasteiger partial charge in [0.05, 0.1) is 10.3 Å². The number of carbonyl (C=O) groups excluding carboxylic acids is 1. The monoisotopic (exact) mass is 340 g/mol. The first-order valence-corrected chi connectivity index (χ1v) is 8.79. The summed E-state index contributed by atoms with van der Waals surface area (Å²) in [6.07, 6.45) is 0.408. The largest absolute Gasteiger partial charge is 0.481 e. The van der Waals surface area contributed by atoms with Crippen LogP contribution in [-0.4, -0.2) is 49.9 Å². The van der Waals surface area contributed by atoms with Crippen molar-refractivity contribution in [2.24, 2.45) is 5.41 Å². The molecule has 23 heavy (non-hydrogen) atoms. The van der Waals surface area contributed by atoms with Crippen molar-refractivity contribution in [1.29, 1.82) is 0 Å². The van der Waals surface area contributed by atoms with Gasteiger partial charge in [-0.15, -0.1) is 0 Å². The summed E-state index contributed by atoms with van der Waals surface area (Å²) in [7, 11) is -3.63. The number of amides is 1. The number of carbonyl (C=O) groups is 2. The highest BCUT2D eigenvalue weighted by molar-refractivity contribution is 7.89. The van der Waals surface area contributed by atoms with E-state index in [2.05, 4.69) is 4.72 Å². The van der Waals surface area contributed by atoms with Crippen LogP contribution in [0.3, 0.4) is 0 Å². The van der Waals surface area contributed by atoms with Gasteiger partial charge in [0.15, 0.2) is 0 Å². The Hall–Kier alpha value is -1.93. The molecule has 2 N–H and O–H groups in total. The Labute approximate surface area is 135 Å². The normalized spacial score (nSPS) is 21.3. The van der Waals surface area contributed by atoms with Gasteiger partial charge in [0.2, 0.25) is 15.9 Å². The number of nitrogens with zero attached hydrogens (tertiary/aromatic N) is 1. The molecule has 1 aromatic carbocycles. The molecule has 1 aromatic rings. The second-order valence-corrected chi connectivity index (χ2v) is 7.66. The fraction of sp³-hybridized carbons (Fsp3) is 0.467.